The molecule has 0 amide bonds. The van der Waals surface area contributed by atoms with Crippen LogP contribution in [0.1, 0.15) is 25.3 Å². The summed E-state index contributed by atoms with van der Waals surface area (Å²) in [6.45, 7) is 6.38. The van der Waals surface area contributed by atoms with Gasteiger partial charge in [0.25, 0.3) is 0 Å². The Morgan fingerprint density at radius 2 is 2.18 bits per heavy atom. The van der Waals surface area contributed by atoms with Crippen molar-refractivity contribution in [2.24, 2.45) is 5.73 Å². The van der Waals surface area contributed by atoms with Crippen LogP contribution in [-0.4, -0.2) is 21.7 Å². The van der Waals surface area contributed by atoms with E-state index in [4.69, 9.17) is 10.3 Å². The average Bonchev–Trinajstić information content (AvgIpc) is 2.79. The number of aryl methyl sites for hydroxylation is 1. The molecule has 90 valence electrons. The first-order valence-corrected chi connectivity index (χ1v) is 5.50. The van der Waals surface area contributed by atoms with Gasteiger partial charge in [-0.25, -0.2) is 0 Å². The fourth-order valence-electron chi connectivity index (χ4n) is 1.35. The second-order valence-corrected chi connectivity index (χ2v) is 4.73. The highest BCUT2D eigenvalue weighted by atomic mass is 16.5. The monoisotopic (exact) mass is 232 g/mol. The van der Waals surface area contributed by atoms with E-state index in [9.17, 15) is 0 Å². The van der Waals surface area contributed by atoms with Gasteiger partial charge in [0, 0.05) is 12.7 Å². The highest BCUT2D eigenvalue weighted by Gasteiger charge is 2.26. The number of aromatic nitrogens is 3. The first kappa shape index (κ1) is 11.7. The topological polar surface area (TPSA) is 77.8 Å². The average molecular weight is 232 g/mol. The summed E-state index contributed by atoms with van der Waals surface area (Å²) >= 11 is 0. The van der Waals surface area contributed by atoms with Gasteiger partial charge >= 0.3 is 0 Å². The fraction of sp³-hybridized carbons (Fsp3) is 0.417. The van der Waals surface area contributed by atoms with Gasteiger partial charge in [-0.05, 0) is 38.5 Å². The maximum absolute atomic E-state index is 5.67. The third-order valence-corrected chi connectivity index (χ3v) is 2.66. The quantitative estimate of drug-likeness (QED) is 0.871. The number of pyridine rings is 1. The van der Waals surface area contributed by atoms with Gasteiger partial charge in [0.15, 0.2) is 0 Å². The SMILES string of the molecule is Cc1ccnc(-c2noc(C(C)(C)CN)n2)c1. The fourth-order valence-corrected chi connectivity index (χ4v) is 1.35. The zero-order chi connectivity index (χ0) is 12.5. The molecule has 0 saturated heterocycles. The lowest BCUT2D eigenvalue weighted by Gasteiger charge is -2.15. The van der Waals surface area contributed by atoms with E-state index in [-0.39, 0.29) is 5.41 Å². The summed E-state index contributed by atoms with van der Waals surface area (Å²) in [5.41, 5.74) is 7.18. The first-order chi connectivity index (χ1) is 8.03. The molecule has 0 aliphatic carbocycles. The van der Waals surface area contributed by atoms with Crippen molar-refractivity contribution in [2.45, 2.75) is 26.2 Å². The maximum Gasteiger partial charge on any atom is 0.233 e. The Kier molecular flexibility index (Phi) is 2.93. The molecule has 5 heteroatoms. The largest absolute Gasteiger partial charge is 0.338 e. The molecule has 0 unspecified atom stereocenters. The zero-order valence-corrected chi connectivity index (χ0v) is 10.3. The number of hydrogen-bond donors (Lipinski definition) is 1. The van der Waals surface area contributed by atoms with Gasteiger partial charge < -0.3 is 10.3 Å². The molecule has 2 rings (SSSR count). The molecule has 2 N–H and O–H groups in total. The van der Waals surface area contributed by atoms with Crippen LogP contribution in [0.3, 0.4) is 0 Å². The summed E-state index contributed by atoms with van der Waals surface area (Å²) in [5, 5.41) is 3.94. The molecule has 0 spiro atoms. The van der Waals surface area contributed by atoms with E-state index in [1.165, 1.54) is 0 Å². The Morgan fingerprint density at radius 1 is 1.41 bits per heavy atom. The molecule has 17 heavy (non-hydrogen) atoms. The normalized spacial score (nSPS) is 11.8. The van der Waals surface area contributed by atoms with Gasteiger partial charge in [0.2, 0.25) is 11.7 Å². The number of rotatable bonds is 3. The Morgan fingerprint density at radius 3 is 2.82 bits per heavy atom. The molecule has 2 aromatic rings. The molecule has 0 atom stereocenters. The van der Waals surface area contributed by atoms with E-state index < -0.39 is 0 Å². The molecule has 0 aliphatic heterocycles. The summed E-state index contributed by atoms with van der Waals surface area (Å²) in [6, 6.07) is 3.85. The van der Waals surface area contributed by atoms with E-state index in [0.717, 1.165) is 5.56 Å². The molecular formula is C12H16N4O. The standard InChI is InChI=1S/C12H16N4O/c1-8-4-5-14-9(6-8)10-15-11(17-16-10)12(2,3)7-13/h4-6H,7,13H2,1-3H3. The van der Waals surface area contributed by atoms with Crippen LogP contribution in [0.2, 0.25) is 0 Å². The van der Waals surface area contributed by atoms with Crippen LogP contribution < -0.4 is 5.73 Å². The molecule has 5 nitrogen and oxygen atoms in total. The van der Waals surface area contributed by atoms with Crippen molar-refractivity contribution >= 4 is 0 Å². The van der Waals surface area contributed by atoms with Crippen molar-refractivity contribution in [3.05, 3.63) is 29.8 Å². The molecular weight excluding hydrogens is 216 g/mol. The van der Waals surface area contributed by atoms with Gasteiger partial charge in [-0.3, -0.25) is 4.98 Å². The summed E-state index contributed by atoms with van der Waals surface area (Å²) in [5.74, 6) is 1.04. The van der Waals surface area contributed by atoms with Crippen LogP contribution in [0.15, 0.2) is 22.9 Å². The van der Waals surface area contributed by atoms with Gasteiger partial charge in [-0.15, -0.1) is 0 Å². The molecule has 0 radical (unpaired) electrons. The zero-order valence-electron chi connectivity index (χ0n) is 10.3. The summed E-state index contributed by atoms with van der Waals surface area (Å²) in [6.07, 6.45) is 1.73. The van der Waals surface area contributed by atoms with Crippen LogP contribution in [0.4, 0.5) is 0 Å². The lowest BCUT2D eigenvalue weighted by Crippen LogP contribution is -2.28. The predicted octanol–water partition coefficient (Wildman–Crippen LogP) is 1.68. The number of nitrogens with two attached hydrogens (primary N) is 1. The van der Waals surface area contributed by atoms with E-state index in [2.05, 4.69) is 15.1 Å². The molecule has 0 aromatic carbocycles. The summed E-state index contributed by atoms with van der Waals surface area (Å²) in [4.78, 5) is 8.56. The lowest BCUT2D eigenvalue weighted by atomic mass is 9.94. The lowest BCUT2D eigenvalue weighted by molar-refractivity contribution is 0.311. The summed E-state index contributed by atoms with van der Waals surface area (Å²) < 4.78 is 5.23. The van der Waals surface area contributed by atoms with Crippen LogP contribution >= 0.6 is 0 Å². The maximum atomic E-state index is 5.67. The third-order valence-electron chi connectivity index (χ3n) is 2.66. The van der Waals surface area contributed by atoms with E-state index >= 15 is 0 Å². The van der Waals surface area contributed by atoms with E-state index in [1.807, 2.05) is 32.9 Å². The molecule has 2 aromatic heterocycles. The van der Waals surface area contributed by atoms with Crippen LogP contribution in [0.5, 0.6) is 0 Å². The van der Waals surface area contributed by atoms with Crippen molar-refractivity contribution in [1.29, 1.82) is 0 Å². The van der Waals surface area contributed by atoms with Crippen molar-refractivity contribution in [3.8, 4) is 11.5 Å². The Balaban J connectivity index is 2.36. The Bertz CT molecular complexity index is 519. The van der Waals surface area contributed by atoms with Gasteiger partial charge in [0.05, 0.1) is 5.41 Å². The number of nitrogens with zero attached hydrogens (tertiary/aromatic N) is 3. The molecule has 0 bridgehead atoms. The van der Waals surface area contributed by atoms with Gasteiger partial charge in [-0.1, -0.05) is 5.16 Å². The van der Waals surface area contributed by atoms with Crippen molar-refractivity contribution in [1.82, 2.24) is 15.1 Å². The first-order valence-electron chi connectivity index (χ1n) is 5.50. The van der Waals surface area contributed by atoms with Crippen LogP contribution in [-0.2, 0) is 5.41 Å². The molecule has 2 heterocycles. The van der Waals surface area contributed by atoms with E-state index in [1.54, 1.807) is 6.20 Å². The molecule has 0 aliphatic rings. The Hall–Kier alpha value is -1.75. The van der Waals surface area contributed by atoms with Crippen molar-refractivity contribution in [2.75, 3.05) is 6.54 Å². The molecule has 0 saturated carbocycles. The third kappa shape index (κ3) is 2.34. The van der Waals surface area contributed by atoms with Crippen LogP contribution in [0.25, 0.3) is 11.5 Å². The highest BCUT2D eigenvalue weighted by molar-refractivity contribution is 5.49. The van der Waals surface area contributed by atoms with Crippen molar-refractivity contribution in [3.63, 3.8) is 0 Å². The second kappa shape index (κ2) is 4.25. The summed E-state index contributed by atoms with van der Waals surface area (Å²) in [7, 11) is 0. The molecule has 0 fully saturated rings. The second-order valence-electron chi connectivity index (χ2n) is 4.73. The van der Waals surface area contributed by atoms with E-state index in [0.29, 0.717) is 24.0 Å². The Labute approximate surface area is 100 Å². The van der Waals surface area contributed by atoms with Gasteiger partial charge in [0.1, 0.15) is 5.69 Å². The predicted molar refractivity (Wildman–Crippen MR) is 64.3 cm³/mol. The minimum atomic E-state index is -0.310. The highest BCUT2D eigenvalue weighted by Crippen LogP contribution is 2.22. The number of hydrogen-bond acceptors (Lipinski definition) is 5. The van der Waals surface area contributed by atoms with Crippen molar-refractivity contribution < 1.29 is 4.52 Å². The minimum Gasteiger partial charge on any atom is -0.338 e. The smallest absolute Gasteiger partial charge is 0.233 e. The minimum absolute atomic E-state index is 0.310. The van der Waals surface area contributed by atoms with Gasteiger partial charge in [-0.2, -0.15) is 4.98 Å². The van der Waals surface area contributed by atoms with Crippen LogP contribution in [0, 0.1) is 6.92 Å².